The molecule has 0 aliphatic carbocycles. The topological polar surface area (TPSA) is 86.3 Å². The molecule has 1 saturated heterocycles. The van der Waals surface area contributed by atoms with Crippen molar-refractivity contribution in [3.8, 4) is 0 Å². The van der Waals surface area contributed by atoms with Crippen molar-refractivity contribution < 1.29 is 28.5 Å². The SMILES string of the molecule is CCCCCCCCOC(CCC(=O)OCC(C)COC(=O)NCC1CCCN1C)OCCCCCCCC. The van der Waals surface area contributed by atoms with Crippen LogP contribution >= 0.6 is 0 Å². The Kier molecular flexibility index (Phi) is 22.3. The Bertz CT molecular complexity index is 588. The molecule has 39 heavy (non-hydrogen) atoms. The van der Waals surface area contributed by atoms with E-state index in [4.69, 9.17) is 18.9 Å². The summed E-state index contributed by atoms with van der Waals surface area (Å²) in [5, 5.41) is 2.84. The number of nitrogens with one attached hydrogen (secondary N) is 1. The predicted molar refractivity (Wildman–Crippen MR) is 157 cm³/mol. The van der Waals surface area contributed by atoms with Crippen LogP contribution in [0.5, 0.6) is 0 Å². The van der Waals surface area contributed by atoms with E-state index < -0.39 is 6.09 Å². The van der Waals surface area contributed by atoms with Gasteiger partial charge in [0.25, 0.3) is 0 Å². The van der Waals surface area contributed by atoms with E-state index in [1.807, 2.05) is 6.92 Å². The van der Waals surface area contributed by atoms with Gasteiger partial charge in [0.1, 0.15) is 0 Å². The Balaban J connectivity index is 2.22. The number of rotatable bonds is 25. The second-order valence-electron chi connectivity index (χ2n) is 11.3. The van der Waals surface area contributed by atoms with Crippen LogP contribution in [0.1, 0.15) is 124 Å². The number of ether oxygens (including phenoxy) is 4. The van der Waals surface area contributed by atoms with Crippen molar-refractivity contribution in [2.45, 2.75) is 136 Å². The number of nitrogens with zero attached hydrogens (tertiary/aromatic N) is 1. The Morgan fingerprint density at radius 1 is 0.846 bits per heavy atom. The van der Waals surface area contributed by atoms with E-state index >= 15 is 0 Å². The average Bonchev–Trinajstić information content (AvgIpc) is 3.35. The maximum absolute atomic E-state index is 12.4. The first kappa shape index (κ1) is 35.6. The Morgan fingerprint density at radius 3 is 1.97 bits per heavy atom. The van der Waals surface area contributed by atoms with Crippen molar-refractivity contribution >= 4 is 12.1 Å². The van der Waals surface area contributed by atoms with Gasteiger partial charge >= 0.3 is 12.1 Å². The third kappa shape index (κ3) is 20.2. The van der Waals surface area contributed by atoms with Gasteiger partial charge in [0, 0.05) is 38.1 Å². The summed E-state index contributed by atoms with van der Waals surface area (Å²) in [5.74, 6) is -0.343. The van der Waals surface area contributed by atoms with Gasteiger partial charge in [-0.15, -0.1) is 0 Å². The van der Waals surface area contributed by atoms with E-state index in [1.165, 1.54) is 64.2 Å². The number of carbonyl (C=O) groups excluding carboxylic acids is 2. The average molecular weight is 557 g/mol. The molecule has 8 nitrogen and oxygen atoms in total. The van der Waals surface area contributed by atoms with Crippen LogP contribution in [0.3, 0.4) is 0 Å². The molecule has 0 aromatic heterocycles. The number of esters is 1. The van der Waals surface area contributed by atoms with Gasteiger partial charge in [0.2, 0.25) is 0 Å². The van der Waals surface area contributed by atoms with Crippen LogP contribution in [0.2, 0.25) is 0 Å². The lowest BCUT2D eigenvalue weighted by atomic mass is 10.1. The summed E-state index contributed by atoms with van der Waals surface area (Å²) in [6.07, 6.45) is 16.7. The second-order valence-corrected chi connectivity index (χ2v) is 11.3. The minimum Gasteiger partial charge on any atom is -0.465 e. The fraction of sp³-hybridized carbons (Fsp3) is 0.935. The fourth-order valence-corrected chi connectivity index (χ4v) is 4.71. The minimum absolute atomic E-state index is 0.0717. The lowest BCUT2D eigenvalue weighted by Gasteiger charge is -2.20. The van der Waals surface area contributed by atoms with Crippen molar-refractivity contribution in [3.63, 3.8) is 0 Å². The molecule has 230 valence electrons. The molecule has 0 saturated carbocycles. The smallest absolute Gasteiger partial charge is 0.407 e. The van der Waals surface area contributed by atoms with Crippen LogP contribution < -0.4 is 5.32 Å². The van der Waals surface area contributed by atoms with Gasteiger partial charge < -0.3 is 29.2 Å². The third-order valence-electron chi connectivity index (χ3n) is 7.37. The van der Waals surface area contributed by atoms with E-state index in [9.17, 15) is 9.59 Å². The van der Waals surface area contributed by atoms with Crippen LogP contribution in [0, 0.1) is 5.92 Å². The molecule has 1 fully saturated rings. The zero-order valence-electron chi connectivity index (χ0n) is 25.7. The number of unbranched alkanes of at least 4 members (excludes halogenated alkanes) is 10. The molecule has 1 N–H and O–H groups in total. The molecule has 1 amide bonds. The van der Waals surface area contributed by atoms with E-state index in [0.717, 1.165) is 32.2 Å². The normalized spacial score (nSPS) is 16.5. The second kappa shape index (κ2) is 24.4. The first-order valence-corrected chi connectivity index (χ1v) is 16.0. The molecule has 1 aliphatic heterocycles. The van der Waals surface area contributed by atoms with Crippen LogP contribution in [0.25, 0.3) is 0 Å². The maximum Gasteiger partial charge on any atom is 0.407 e. The van der Waals surface area contributed by atoms with Crippen LogP contribution in [-0.4, -0.2) is 75.9 Å². The van der Waals surface area contributed by atoms with Crippen molar-refractivity contribution in [2.75, 3.05) is 46.6 Å². The predicted octanol–water partition coefficient (Wildman–Crippen LogP) is 6.85. The number of amides is 1. The van der Waals surface area contributed by atoms with Crippen molar-refractivity contribution in [1.29, 1.82) is 0 Å². The monoisotopic (exact) mass is 556 g/mol. The van der Waals surface area contributed by atoms with Crippen LogP contribution in [-0.2, 0) is 23.7 Å². The molecule has 1 rings (SSSR count). The van der Waals surface area contributed by atoms with E-state index in [2.05, 4.69) is 31.1 Å². The van der Waals surface area contributed by atoms with Crippen LogP contribution in [0.4, 0.5) is 4.79 Å². The summed E-state index contributed by atoms with van der Waals surface area (Å²) in [5.41, 5.74) is 0. The molecule has 0 aromatic rings. The van der Waals surface area contributed by atoms with Gasteiger partial charge in [-0.1, -0.05) is 85.0 Å². The molecule has 0 bridgehead atoms. The lowest BCUT2D eigenvalue weighted by molar-refractivity contribution is -0.160. The number of alkyl carbamates (subject to hydrolysis) is 1. The molecule has 1 heterocycles. The lowest BCUT2D eigenvalue weighted by Crippen LogP contribution is -2.38. The number of hydrogen-bond acceptors (Lipinski definition) is 7. The van der Waals surface area contributed by atoms with Crippen molar-refractivity contribution in [2.24, 2.45) is 5.92 Å². The van der Waals surface area contributed by atoms with Gasteiger partial charge in [-0.05, 0) is 39.3 Å². The number of likely N-dealkylation sites (tertiary alicyclic amines) is 1. The Labute approximate surface area is 239 Å². The molecule has 0 aromatic carbocycles. The molecule has 8 heteroatoms. The summed E-state index contributed by atoms with van der Waals surface area (Å²) in [7, 11) is 2.08. The van der Waals surface area contributed by atoms with E-state index in [0.29, 0.717) is 32.2 Å². The quantitative estimate of drug-likeness (QED) is 0.0748. The molecule has 0 radical (unpaired) electrons. The standard InChI is InChI=1S/C31H60N2O6/c1-5-7-9-11-13-15-22-36-30(37-23-16-14-12-10-8-6-2)20-19-29(34)38-25-27(3)26-39-31(35)32-24-28-18-17-21-33(28)4/h27-28,30H,5-26H2,1-4H3,(H,32,35). The first-order valence-electron chi connectivity index (χ1n) is 16.0. The number of carbonyl (C=O) groups is 2. The third-order valence-corrected chi connectivity index (χ3v) is 7.37. The van der Waals surface area contributed by atoms with Gasteiger partial charge in [-0.2, -0.15) is 0 Å². The number of likely N-dealkylation sites (N-methyl/N-ethyl adjacent to an activating group) is 1. The molecule has 0 spiro atoms. The van der Waals surface area contributed by atoms with Crippen molar-refractivity contribution in [1.82, 2.24) is 10.2 Å². The maximum atomic E-state index is 12.4. The number of hydrogen-bond donors (Lipinski definition) is 1. The van der Waals surface area contributed by atoms with Crippen molar-refractivity contribution in [3.05, 3.63) is 0 Å². The van der Waals surface area contributed by atoms with E-state index in [1.54, 1.807) is 0 Å². The summed E-state index contributed by atoms with van der Waals surface area (Å²) in [6.45, 7) is 9.79. The molecule has 2 unspecified atom stereocenters. The van der Waals surface area contributed by atoms with Crippen LogP contribution in [0.15, 0.2) is 0 Å². The Morgan fingerprint density at radius 2 is 1.41 bits per heavy atom. The Hall–Kier alpha value is -1.38. The van der Waals surface area contributed by atoms with Gasteiger partial charge in [0.05, 0.1) is 19.6 Å². The largest absolute Gasteiger partial charge is 0.465 e. The highest BCUT2D eigenvalue weighted by Crippen LogP contribution is 2.14. The zero-order chi connectivity index (χ0) is 28.6. The molecule has 1 aliphatic rings. The molecular formula is C31H60N2O6. The highest BCUT2D eigenvalue weighted by Gasteiger charge is 2.21. The minimum atomic E-state index is -0.415. The summed E-state index contributed by atoms with van der Waals surface area (Å²) < 4.78 is 22.7. The highest BCUT2D eigenvalue weighted by molar-refractivity contribution is 5.69. The van der Waals surface area contributed by atoms with Gasteiger partial charge in [0.15, 0.2) is 6.29 Å². The molecule has 2 atom stereocenters. The first-order chi connectivity index (χ1) is 19.0. The summed E-state index contributed by atoms with van der Waals surface area (Å²) in [6, 6.07) is 0.379. The van der Waals surface area contributed by atoms with E-state index in [-0.39, 0.29) is 37.8 Å². The highest BCUT2D eigenvalue weighted by atomic mass is 16.7. The fourth-order valence-electron chi connectivity index (χ4n) is 4.71. The summed E-state index contributed by atoms with van der Waals surface area (Å²) in [4.78, 5) is 26.6. The zero-order valence-corrected chi connectivity index (χ0v) is 25.7. The van der Waals surface area contributed by atoms with Gasteiger partial charge in [-0.3, -0.25) is 4.79 Å². The molecular weight excluding hydrogens is 496 g/mol. The summed E-state index contributed by atoms with van der Waals surface area (Å²) >= 11 is 0. The van der Waals surface area contributed by atoms with Gasteiger partial charge in [-0.25, -0.2) is 4.79 Å².